The lowest BCUT2D eigenvalue weighted by Gasteiger charge is -2.00. The van der Waals surface area contributed by atoms with Gasteiger partial charge in [-0.3, -0.25) is 10.2 Å². The van der Waals surface area contributed by atoms with Gasteiger partial charge in [0.1, 0.15) is 5.84 Å². The van der Waals surface area contributed by atoms with Crippen LogP contribution in [0, 0.1) is 5.41 Å². The molecule has 0 aliphatic carbocycles. The van der Waals surface area contributed by atoms with Crippen LogP contribution in [0.25, 0.3) is 0 Å². The number of benzene rings is 1. The van der Waals surface area contributed by atoms with Crippen LogP contribution in [0.1, 0.15) is 15.9 Å². The van der Waals surface area contributed by atoms with Gasteiger partial charge in [-0.15, -0.1) is 0 Å². The first-order valence-electron chi connectivity index (χ1n) is 3.68. The van der Waals surface area contributed by atoms with E-state index >= 15 is 0 Å². The van der Waals surface area contributed by atoms with Gasteiger partial charge in [0.25, 0.3) is 0 Å². The predicted molar refractivity (Wildman–Crippen MR) is 55.6 cm³/mol. The first-order valence-corrected chi connectivity index (χ1v) is 4.81. The molecule has 13 heavy (non-hydrogen) atoms. The molecular weight excluding hydrogens is 232 g/mol. The minimum absolute atomic E-state index is 0.0110. The molecule has 4 heteroatoms. The summed E-state index contributed by atoms with van der Waals surface area (Å²) in [4.78, 5) is 11.2. The molecule has 1 rings (SSSR count). The van der Waals surface area contributed by atoms with E-state index in [1.165, 1.54) is 0 Å². The van der Waals surface area contributed by atoms with Crippen LogP contribution in [0.5, 0.6) is 0 Å². The van der Waals surface area contributed by atoms with E-state index in [4.69, 9.17) is 11.1 Å². The molecule has 0 aromatic heterocycles. The van der Waals surface area contributed by atoms with Crippen LogP contribution in [0.2, 0.25) is 0 Å². The molecule has 68 valence electrons. The van der Waals surface area contributed by atoms with Crippen molar-refractivity contribution in [3.63, 3.8) is 0 Å². The quantitative estimate of drug-likeness (QED) is 0.365. The van der Waals surface area contributed by atoms with Crippen LogP contribution in [-0.2, 0) is 0 Å². The van der Waals surface area contributed by atoms with E-state index in [0.717, 1.165) is 0 Å². The lowest BCUT2D eigenvalue weighted by molar-refractivity contribution is 0.102. The van der Waals surface area contributed by atoms with E-state index in [1.807, 2.05) is 0 Å². The number of carbonyl (C=O) groups is 1. The Labute approximate surface area is 84.6 Å². The first kappa shape index (κ1) is 9.92. The molecule has 1 aromatic carbocycles. The standard InChI is InChI=1S/C9H9BrN2O/c10-5-8(13)6-2-1-3-7(4-6)9(11)12/h1-4H,5H2,(H3,11,12). The Morgan fingerprint density at radius 1 is 1.46 bits per heavy atom. The van der Waals surface area contributed by atoms with Crippen LogP contribution >= 0.6 is 15.9 Å². The molecule has 0 saturated heterocycles. The Hall–Kier alpha value is -1.16. The zero-order valence-electron chi connectivity index (χ0n) is 6.88. The van der Waals surface area contributed by atoms with Crippen molar-refractivity contribution in [2.24, 2.45) is 5.73 Å². The molecule has 0 fully saturated rings. The highest BCUT2D eigenvalue weighted by Crippen LogP contribution is 2.06. The molecule has 0 atom stereocenters. The molecule has 0 aliphatic rings. The summed E-state index contributed by atoms with van der Waals surface area (Å²) in [7, 11) is 0. The van der Waals surface area contributed by atoms with Gasteiger partial charge in [-0.05, 0) is 6.07 Å². The number of nitrogen functional groups attached to an aromatic ring is 1. The minimum atomic E-state index is -0.0239. The van der Waals surface area contributed by atoms with Gasteiger partial charge in [0.05, 0.1) is 5.33 Å². The van der Waals surface area contributed by atoms with Crippen molar-refractivity contribution < 1.29 is 4.79 Å². The van der Waals surface area contributed by atoms with Gasteiger partial charge in [-0.25, -0.2) is 0 Å². The van der Waals surface area contributed by atoms with Crippen molar-refractivity contribution in [2.75, 3.05) is 5.33 Å². The van der Waals surface area contributed by atoms with Crippen LogP contribution in [-0.4, -0.2) is 16.9 Å². The number of carbonyl (C=O) groups excluding carboxylic acids is 1. The second-order valence-electron chi connectivity index (χ2n) is 2.55. The third-order valence-electron chi connectivity index (χ3n) is 1.62. The van der Waals surface area contributed by atoms with Crippen molar-refractivity contribution in [2.45, 2.75) is 0 Å². The molecule has 3 N–H and O–H groups in total. The van der Waals surface area contributed by atoms with E-state index in [1.54, 1.807) is 24.3 Å². The summed E-state index contributed by atoms with van der Waals surface area (Å²) in [6, 6.07) is 6.74. The Bertz CT molecular complexity index is 349. The number of halogens is 1. The molecule has 0 radical (unpaired) electrons. The molecule has 0 unspecified atom stereocenters. The fourth-order valence-electron chi connectivity index (χ4n) is 0.937. The van der Waals surface area contributed by atoms with Crippen molar-refractivity contribution in [3.05, 3.63) is 35.4 Å². The fraction of sp³-hybridized carbons (Fsp3) is 0.111. The van der Waals surface area contributed by atoms with Gasteiger partial charge in [0.2, 0.25) is 0 Å². The lowest BCUT2D eigenvalue weighted by atomic mass is 10.1. The van der Waals surface area contributed by atoms with Crippen molar-refractivity contribution >= 4 is 27.5 Å². The van der Waals surface area contributed by atoms with E-state index in [2.05, 4.69) is 15.9 Å². The zero-order valence-corrected chi connectivity index (χ0v) is 8.47. The average Bonchev–Trinajstić information content (AvgIpc) is 2.17. The van der Waals surface area contributed by atoms with Gasteiger partial charge in [-0.1, -0.05) is 34.1 Å². The maximum Gasteiger partial charge on any atom is 0.173 e. The second-order valence-corrected chi connectivity index (χ2v) is 3.11. The topological polar surface area (TPSA) is 66.9 Å². The highest BCUT2D eigenvalue weighted by Gasteiger charge is 2.04. The first-order chi connectivity index (χ1) is 6.15. The van der Waals surface area contributed by atoms with E-state index in [-0.39, 0.29) is 16.9 Å². The minimum Gasteiger partial charge on any atom is -0.384 e. The van der Waals surface area contributed by atoms with Gasteiger partial charge >= 0.3 is 0 Å². The summed E-state index contributed by atoms with van der Waals surface area (Å²) in [5.74, 6) is -0.0349. The number of nitrogens with two attached hydrogens (primary N) is 1. The number of hydrogen-bond donors (Lipinski definition) is 2. The number of alkyl halides is 1. The predicted octanol–water partition coefficient (Wildman–Crippen LogP) is 1.55. The largest absolute Gasteiger partial charge is 0.384 e. The number of nitrogens with one attached hydrogen (secondary N) is 1. The summed E-state index contributed by atoms with van der Waals surface area (Å²) in [5.41, 5.74) is 6.43. The van der Waals surface area contributed by atoms with Gasteiger partial charge in [0, 0.05) is 11.1 Å². The summed E-state index contributed by atoms with van der Waals surface area (Å²) < 4.78 is 0. The molecule has 0 amide bonds. The molecule has 0 aliphatic heterocycles. The maximum absolute atomic E-state index is 11.2. The molecule has 0 bridgehead atoms. The van der Waals surface area contributed by atoms with Gasteiger partial charge < -0.3 is 5.73 Å². The number of hydrogen-bond acceptors (Lipinski definition) is 2. The van der Waals surface area contributed by atoms with Crippen molar-refractivity contribution in [1.82, 2.24) is 0 Å². The fourth-order valence-corrected chi connectivity index (χ4v) is 1.26. The van der Waals surface area contributed by atoms with Crippen LogP contribution in [0.3, 0.4) is 0 Å². The van der Waals surface area contributed by atoms with Crippen molar-refractivity contribution in [3.8, 4) is 0 Å². The highest BCUT2D eigenvalue weighted by molar-refractivity contribution is 9.09. The molecule has 0 spiro atoms. The Morgan fingerprint density at radius 3 is 2.62 bits per heavy atom. The van der Waals surface area contributed by atoms with Crippen molar-refractivity contribution in [1.29, 1.82) is 5.41 Å². The zero-order chi connectivity index (χ0) is 9.84. The Kier molecular flexibility index (Phi) is 3.19. The van der Waals surface area contributed by atoms with E-state index in [9.17, 15) is 4.79 Å². The molecular formula is C9H9BrN2O. The monoisotopic (exact) mass is 240 g/mol. The highest BCUT2D eigenvalue weighted by atomic mass is 79.9. The number of ketones is 1. The lowest BCUT2D eigenvalue weighted by Crippen LogP contribution is -2.12. The Balaban J connectivity index is 3.05. The summed E-state index contributed by atoms with van der Waals surface area (Å²) in [6.45, 7) is 0. The number of amidine groups is 1. The average molecular weight is 241 g/mol. The van der Waals surface area contributed by atoms with E-state index in [0.29, 0.717) is 11.1 Å². The third kappa shape index (κ3) is 2.39. The van der Waals surface area contributed by atoms with Crippen LogP contribution < -0.4 is 5.73 Å². The molecule has 3 nitrogen and oxygen atoms in total. The van der Waals surface area contributed by atoms with Gasteiger partial charge in [0.15, 0.2) is 5.78 Å². The summed E-state index contributed by atoms with van der Waals surface area (Å²) in [6.07, 6.45) is 0. The Morgan fingerprint density at radius 2 is 2.08 bits per heavy atom. The SMILES string of the molecule is N=C(N)c1cccc(C(=O)CBr)c1. The number of rotatable bonds is 3. The summed E-state index contributed by atoms with van der Waals surface area (Å²) >= 11 is 3.08. The second kappa shape index (κ2) is 4.18. The number of Topliss-reactive ketones (excluding diaryl/α,β-unsaturated/α-hetero) is 1. The van der Waals surface area contributed by atoms with Crippen LogP contribution in [0.4, 0.5) is 0 Å². The van der Waals surface area contributed by atoms with Crippen LogP contribution in [0.15, 0.2) is 24.3 Å². The van der Waals surface area contributed by atoms with Gasteiger partial charge in [-0.2, -0.15) is 0 Å². The maximum atomic E-state index is 11.2. The third-order valence-corrected chi connectivity index (χ3v) is 2.13. The normalized spacial score (nSPS) is 9.62. The smallest absolute Gasteiger partial charge is 0.173 e. The molecule has 1 aromatic rings. The summed E-state index contributed by atoms with van der Waals surface area (Å²) in [5, 5.41) is 7.47. The van der Waals surface area contributed by atoms with E-state index < -0.39 is 0 Å². The molecule has 0 heterocycles. The molecule has 0 saturated carbocycles.